The van der Waals surface area contributed by atoms with Gasteiger partial charge < -0.3 is 5.32 Å². The van der Waals surface area contributed by atoms with E-state index in [0.29, 0.717) is 6.42 Å². The normalized spacial score (nSPS) is 9.80. The Bertz CT molecular complexity index is 492. The number of nitrogens with zero attached hydrogens (tertiary/aromatic N) is 1. The number of nitrogens with one attached hydrogen (secondary N) is 1. The number of hydrogen-bond acceptors (Lipinski definition) is 2. The molecule has 1 aromatic carbocycles. The zero-order valence-corrected chi connectivity index (χ0v) is 8.40. The fraction of sp³-hybridized carbons (Fsp3) is 0.154. The standard InChI is InChI=1S/C13H12N2/c1-2-3-9-14-13-12-7-5-4-6-11(12)8-10-15-13/h1,4-8,10H,3,9H2,(H,14,15). The Balaban J connectivity index is 2.31. The van der Waals surface area contributed by atoms with Gasteiger partial charge >= 0.3 is 0 Å². The lowest BCUT2D eigenvalue weighted by atomic mass is 10.1. The third kappa shape index (κ3) is 2.08. The molecule has 74 valence electrons. The van der Waals surface area contributed by atoms with E-state index in [2.05, 4.69) is 28.4 Å². The monoisotopic (exact) mass is 196 g/mol. The third-order valence-electron chi connectivity index (χ3n) is 2.24. The number of benzene rings is 1. The van der Waals surface area contributed by atoms with Crippen molar-refractivity contribution in [2.75, 3.05) is 11.9 Å². The van der Waals surface area contributed by atoms with Crippen molar-refractivity contribution < 1.29 is 0 Å². The molecule has 1 aromatic heterocycles. The van der Waals surface area contributed by atoms with Crippen LogP contribution in [0.25, 0.3) is 10.8 Å². The van der Waals surface area contributed by atoms with Gasteiger partial charge in [0.05, 0.1) is 0 Å². The van der Waals surface area contributed by atoms with E-state index in [9.17, 15) is 0 Å². The SMILES string of the molecule is C#CCCNc1nccc2ccccc12. The molecular weight excluding hydrogens is 184 g/mol. The second-order valence-electron chi connectivity index (χ2n) is 3.26. The molecule has 0 fully saturated rings. The van der Waals surface area contributed by atoms with Gasteiger partial charge in [0.2, 0.25) is 0 Å². The van der Waals surface area contributed by atoms with Crippen molar-refractivity contribution in [2.24, 2.45) is 0 Å². The summed E-state index contributed by atoms with van der Waals surface area (Å²) >= 11 is 0. The maximum absolute atomic E-state index is 5.19. The van der Waals surface area contributed by atoms with E-state index in [1.165, 1.54) is 5.39 Å². The summed E-state index contributed by atoms with van der Waals surface area (Å²) in [6, 6.07) is 10.2. The molecule has 0 atom stereocenters. The molecule has 0 aliphatic rings. The summed E-state index contributed by atoms with van der Waals surface area (Å²) in [6.45, 7) is 0.761. The molecule has 0 aliphatic heterocycles. The lowest BCUT2D eigenvalue weighted by molar-refractivity contribution is 1.08. The number of anilines is 1. The van der Waals surface area contributed by atoms with E-state index in [-0.39, 0.29) is 0 Å². The molecular formula is C13H12N2. The Morgan fingerprint density at radius 1 is 1.27 bits per heavy atom. The second kappa shape index (κ2) is 4.47. The van der Waals surface area contributed by atoms with Crippen LogP contribution in [0, 0.1) is 12.3 Å². The van der Waals surface area contributed by atoms with Crippen LogP contribution in [0.15, 0.2) is 36.5 Å². The van der Waals surface area contributed by atoms with Crippen LogP contribution in [-0.2, 0) is 0 Å². The van der Waals surface area contributed by atoms with Crippen LogP contribution in [-0.4, -0.2) is 11.5 Å². The van der Waals surface area contributed by atoms with Crippen molar-refractivity contribution in [1.29, 1.82) is 0 Å². The molecule has 1 N–H and O–H groups in total. The smallest absolute Gasteiger partial charge is 0.133 e. The summed E-state index contributed by atoms with van der Waals surface area (Å²) in [6.07, 6.45) is 7.71. The zero-order chi connectivity index (χ0) is 10.5. The fourth-order valence-corrected chi connectivity index (χ4v) is 1.51. The molecule has 2 rings (SSSR count). The van der Waals surface area contributed by atoms with Crippen molar-refractivity contribution in [3.05, 3.63) is 36.5 Å². The van der Waals surface area contributed by atoms with E-state index >= 15 is 0 Å². The van der Waals surface area contributed by atoms with Gasteiger partial charge in [-0.15, -0.1) is 12.3 Å². The third-order valence-corrected chi connectivity index (χ3v) is 2.24. The molecule has 0 radical (unpaired) electrons. The Morgan fingerprint density at radius 3 is 3.00 bits per heavy atom. The van der Waals surface area contributed by atoms with Gasteiger partial charge in [0.25, 0.3) is 0 Å². The van der Waals surface area contributed by atoms with E-state index in [0.717, 1.165) is 17.7 Å². The number of rotatable bonds is 3. The minimum absolute atomic E-state index is 0.713. The number of pyridine rings is 1. The highest BCUT2D eigenvalue weighted by Gasteiger charge is 1.99. The topological polar surface area (TPSA) is 24.9 Å². The molecule has 2 nitrogen and oxygen atoms in total. The van der Waals surface area contributed by atoms with Gasteiger partial charge in [0.15, 0.2) is 0 Å². The van der Waals surface area contributed by atoms with Crippen LogP contribution in [0.1, 0.15) is 6.42 Å². The van der Waals surface area contributed by atoms with Gasteiger partial charge in [-0.25, -0.2) is 4.98 Å². The molecule has 0 saturated carbocycles. The van der Waals surface area contributed by atoms with Gasteiger partial charge in [-0.1, -0.05) is 24.3 Å². The lowest BCUT2D eigenvalue weighted by Gasteiger charge is -2.06. The first-order valence-corrected chi connectivity index (χ1v) is 4.93. The van der Waals surface area contributed by atoms with Gasteiger partial charge in [-0.2, -0.15) is 0 Å². The Kier molecular flexibility index (Phi) is 2.85. The predicted molar refractivity (Wildman–Crippen MR) is 63.7 cm³/mol. The summed E-state index contributed by atoms with van der Waals surface area (Å²) in [5.74, 6) is 3.50. The van der Waals surface area contributed by atoms with Gasteiger partial charge in [0.1, 0.15) is 5.82 Å². The molecule has 2 heteroatoms. The van der Waals surface area contributed by atoms with E-state index in [4.69, 9.17) is 6.42 Å². The highest BCUT2D eigenvalue weighted by Crippen LogP contribution is 2.19. The van der Waals surface area contributed by atoms with Crippen molar-refractivity contribution in [3.63, 3.8) is 0 Å². The molecule has 0 amide bonds. The number of hydrogen-bond donors (Lipinski definition) is 1. The molecule has 15 heavy (non-hydrogen) atoms. The number of fused-ring (bicyclic) bond motifs is 1. The van der Waals surface area contributed by atoms with Crippen molar-refractivity contribution in [2.45, 2.75) is 6.42 Å². The maximum atomic E-state index is 5.19. The van der Waals surface area contributed by atoms with Crippen LogP contribution in [0.2, 0.25) is 0 Å². The minimum atomic E-state index is 0.713. The molecule has 0 unspecified atom stereocenters. The van der Waals surface area contributed by atoms with Crippen LogP contribution in [0.3, 0.4) is 0 Å². The second-order valence-corrected chi connectivity index (χ2v) is 3.26. The summed E-state index contributed by atoms with van der Waals surface area (Å²) in [5.41, 5.74) is 0. The Hall–Kier alpha value is -2.01. The first kappa shape index (κ1) is 9.54. The number of aromatic nitrogens is 1. The Labute approximate surface area is 89.3 Å². The van der Waals surface area contributed by atoms with Gasteiger partial charge in [0, 0.05) is 24.5 Å². The molecule has 0 aliphatic carbocycles. The summed E-state index contributed by atoms with van der Waals surface area (Å²) in [4.78, 5) is 4.30. The lowest BCUT2D eigenvalue weighted by Crippen LogP contribution is -2.02. The van der Waals surface area contributed by atoms with E-state index in [1.54, 1.807) is 6.20 Å². The average Bonchev–Trinajstić information content (AvgIpc) is 2.30. The van der Waals surface area contributed by atoms with Gasteiger partial charge in [-0.05, 0) is 11.5 Å². The summed E-state index contributed by atoms with van der Waals surface area (Å²) < 4.78 is 0. The molecule has 2 aromatic rings. The van der Waals surface area contributed by atoms with Crippen molar-refractivity contribution >= 4 is 16.6 Å². The molecule has 0 spiro atoms. The Morgan fingerprint density at radius 2 is 2.13 bits per heavy atom. The van der Waals surface area contributed by atoms with E-state index in [1.807, 2.05) is 18.2 Å². The zero-order valence-electron chi connectivity index (χ0n) is 8.40. The van der Waals surface area contributed by atoms with Gasteiger partial charge in [-0.3, -0.25) is 0 Å². The van der Waals surface area contributed by atoms with Crippen molar-refractivity contribution in [3.8, 4) is 12.3 Å². The van der Waals surface area contributed by atoms with Crippen LogP contribution < -0.4 is 5.32 Å². The molecule has 1 heterocycles. The number of terminal acetylenes is 1. The van der Waals surface area contributed by atoms with Crippen LogP contribution >= 0.6 is 0 Å². The van der Waals surface area contributed by atoms with Crippen LogP contribution in [0.5, 0.6) is 0 Å². The fourth-order valence-electron chi connectivity index (χ4n) is 1.51. The predicted octanol–water partition coefficient (Wildman–Crippen LogP) is 2.67. The summed E-state index contributed by atoms with van der Waals surface area (Å²) in [7, 11) is 0. The molecule has 0 bridgehead atoms. The largest absolute Gasteiger partial charge is 0.369 e. The first-order valence-electron chi connectivity index (χ1n) is 4.93. The first-order chi connectivity index (χ1) is 7.42. The van der Waals surface area contributed by atoms with E-state index < -0.39 is 0 Å². The highest BCUT2D eigenvalue weighted by atomic mass is 15.0. The average molecular weight is 196 g/mol. The summed E-state index contributed by atoms with van der Waals surface area (Å²) in [5, 5.41) is 5.56. The molecule has 0 saturated heterocycles. The maximum Gasteiger partial charge on any atom is 0.133 e. The minimum Gasteiger partial charge on any atom is -0.369 e. The van der Waals surface area contributed by atoms with Crippen LogP contribution in [0.4, 0.5) is 5.82 Å². The van der Waals surface area contributed by atoms with Crippen molar-refractivity contribution in [1.82, 2.24) is 4.98 Å². The quantitative estimate of drug-likeness (QED) is 0.603. The highest BCUT2D eigenvalue weighted by molar-refractivity contribution is 5.91.